The van der Waals surface area contributed by atoms with Gasteiger partial charge in [-0.05, 0) is 71.8 Å². The Kier molecular flexibility index (Phi) is 9.79. The number of rotatable bonds is 13. The van der Waals surface area contributed by atoms with Crippen LogP contribution in [0, 0.1) is 13.8 Å². The van der Waals surface area contributed by atoms with Gasteiger partial charge in [-0.3, -0.25) is 8.37 Å². The molecule has 0 amide bonds. The third-order valence-electron chi connectivity index (χ3n) is 7.81. The molecule has 0 aromatic heterocycles. The van der Waals surface area contributed by atoms with Crippen molar-refractivity contribution in [3.05, 3.63) is 132 Å². The van der Waals surface area contributed by atoms with Gasteiger partial charge in [-0.1, -0.05) is 96.1 Å². The zero-order valence-electron chi connectivity index (χ0n) is 26.5. The van der Waals surface area contributed by atoms with Crippen LogP contribution in [-0.4, -0.2) is 43.3 Å². The molecular weight excluding hydrogens is 649 g/mol. The highest BCUT2D eigenvalue weighted by Gasteiger charge is 2.21. The van der Waals surface area contributed by atoms with Crippen LogP contribution in [0.25, 0.3) is 32.7 Å². The van der Waals surface area contributed by atoms with Gasteiger partial charge in [0.05, 0.1) is 9.79 Å². The van der Waals surface area contributed by atoms with E-state index in [4.69, 9.17) is 17.8 Å². The average Bonchev–Trinajstić information content (AvgIpc) is 3.09. The van der Waals surface area contributed by atoms with Crippen LogP contribution in [0.1, 0.15) is 11.1 Å². The molecule has 6 aromatic rings. The van der Waals surface area contributed by atoms with Crippen LogP contribution in [0.3, 0.4) is 0 Å². The van der Waals surface area contributed by atoms with E-state index >= 15 is 0 Å². The van der Waals surface area contributed by atoms with Crippen molar-refractivity contribution in [1.29, 1.82) is 0 Å². The second-order valence-corrected chi connectivity index (χ2v) is 14.4. The van der Waals surface area contributed by atoms with E-state index in [0.29, 0.717) is 11.5 Å². The minimum absolute atomic E-state index is 0.0396. The Bertz CT molecular complexity index is 2120. The van der Waals surface area contributed by atoms with Gasteiger partial charge in [-0.2, -0.15) is 16.8 Å². The summed E-state index contributed by atoms with van der Waals surface area (Å²) >= 11 is 0. The van der Waals surface area contributed by atoms with Crippen molar-refractivity contribution < 1.29 is 34.7 Å². The topological polar surface area (TPSA) is 105 Å². The first kappa shape index (κ1) is 33.2. The second kappa shape index (κ2) is 14.2. The predicted octanol–water partition coefficient (Wildman–Crippen LogP) is 7.85. The molecule has 0 atom stereocenters. The lowest BCUT2D eigenvalue weighted by Gasteiger charge is -2.20. The van der Waals surface area contributed by atoms with Crippen molar-refractivity contribution in [3.8, 4) is 22.6 Å². The normalized spacial score (nSPS) is 12.0. The third-order valence-corrected chi connectivity index (χ3v) is 10.5. The van der Waals surface area contributed by atoms with E-state index in [0.717, 1.165) is 43.8 Å². The van der Waals surface area contributed by atoms with Crippen LogP contribution in [0.4, 0.5) is 0 Å². The molecule has 0 aliphatic heterocycles. The summed E-state index contributed by atoms with van der Waals surface area (Å²) in [6.07, 6.45) is 0. The van der Waals surface area contributed by atoms with Gasteiger partial charge in [0.25, 0.3) is 20.2 Å². The molecule has 0 bridgehead atoms. The SMILES string of the molecule is Cc1ccc(S(=O)(=O)OCCOc2ccc3ccccc3c2-c2c(OCCOS(=O)(=O)c3ccc(C)cc3)ccc3ccccc23)cc1. The molecule has 0 saturated carbocycles. The summed E-state index contributed by atoms with van der Waals surface area (Å²) in [5, 5.41) is 3.71. The minimum atomic E-state index is -3.96. The van der Waals surface area contributed by atoms with Crippen LogP contribution in [0.15, 0.2) is 131 Å². The summed E-state index contributed by atoms with van der Waals surface area (Å²) in [6, 6.07) is 36.2. The maximum atomic E-state index is 12.7. The molecule has 0 heterocycles. The molecule has 6 rings (SSSR count). The molecule has 0 aliphatic carbocycles. The van der Waals surface area contributed by atoms with Crippen molar-refractivity contribution in [2.24, 2.45) is 0 Å². The summed E-state index contributed by atoms with van der Waals surface area (Å²) < 4.78 is 74.0. The number of benzene rings is 6. The summed E-state index contributed by atoms with van der Waals surface area (Å²) in [5.74, 6) is 1.01. The summed E-state index contributed by atoms with van der Waals surface area (Å²) in [5.41, 5.74) is 3.37. The van der Waals surface area contributed by atoms with Crippen LogP contribution < -0.4 is 9.47 Å². The molecule has 6 aromatic carbocycles. The van der Waals surface area contributed by atoms with Gasteiger partial charge < -0.3 is 9.47 Å². The monoisotopic (exact) mass is 682 g/mol. The summed E-state index contributed by atoms with van der Waals surface area (Å²) in [6.45, 7) is 3.28. The van der Waals surface area contributed by atoms with E-state index in [2.05, 4.69) is 0 Å². The first-order chi connectivity index (χ1) is 23.1. The van der Waals surface area contributed by atoms with E-state index in [1.165, 1.54) is 24.3 Å². The van der Waals surface area contributed by atoms with Gasteiger partial charge in [0.1, 0.15) is 37.9 Å². The molecule has 0 aliphatic rings. The van der Waals surface area contributed by atoms with Crippen molar-refractivity contribution >= 4 is 41.8 Å². The van der Waals surface area contributed by atoms with Crippen LogP contribution in [-0.2, 0) is 28.6 Å². The lowest BCUT2D eigenvalue weighted by atomic mass is 9.92. The van der Waals surface area contributed by atoms with Crippen molar-refractivity contribution in [2.75, 3.05) is 26.4 Å². The van der Waals surface area contributed by atoms with Gasteiger partial charge in [-0.15, -0.1) is 0 Å². The van der Waals surface area contributed by atoms with E-state index in [9.17, 15) is 16.8 Å². The second-order valence-electron chi connectivity index (χ2n) is 11.2. The predicted molar refractivity (Wildman–Crippen MR) is 187 cm³/mol. The number of fused-ring (bicyclic) bond motifs is 2. The lowest BCUT2D eigenvalue weighted by molar-refractivity contribution is 0.220. The maximum Gasteiger partial charge on any atom is 0.297 e. The standard InChI is InChI=1S/C38H34O8S2/c1-27-11-17-31(18-12-27)47(39,40)45-25-23-43-35-21-15-29-7-3-5-9-33(29)37(35)38-34-10-6-4-8-30(34)16-22-36(38)44-24-26-46-48(41,42)32-19-13-28(2)14-20-32/h3-22H,23-26H2,1-2H3. The molecule has 0 N–H and O–H groups in total. The molecule has 48 heavy (non-hydrogen) atoms. The number of aryl methyl sites for hydroxylation is 2. The molecule has 0 spiro atoms. The Labute approximate surface area is 280 Å². The number of ether oxygens (including phenoxy) is 2. The average molecular weight is 683 g/mol. The zero-order chi connectivity index (χ0) is 33.7. The molecule has 0 unspecified atom stereocenters. The summed E-state index contributed by atoms with van der Waals surface area (Å²) in [4.78, 5) is 0.153. The van der Waals surface area contributed by atoms with Crippen LogP contribution >= 0.6 is 0 Å². The fourth-order valence-corrected chi connectivity index (χ4v) is 7.18. The first-order valence-corrected chi connectivity index (χ1v) is 18.2. The lowest BCUT2D eigenvalue weighted by Crippen LogP contribution is -2.14. The zero-order valence-corrected chi connectivity index (χ0v) is 28.1. The number of hydrogen-bond acceptors (Lipinski definition) is 8. The van der Waals surface area contributed by atoms with Crippen molar-refractivity contribution in [3.63, 3.8) is 0 Å². The fourth-order valence-electron chi connectivity index (χ4n) is 5.40. The molecule has 0 fully saturated rings. The number of hydrogen-bond donors (Lipinski definition) is 0. The third kappa shape index (κ3) is 7.37. The molecule has 8 nitrogen and oxygen atoms in total. The maximum absolute atomic E-state index is 12.7. The molecule has 10 heteroatoms. The van der Waals surface area contributed by atoms with Gasteiger partial charge in [0.15, 0.2) is 0 Å². The Morgan fingerprint density at radius 3 is 1.21 bits per heavy atom. The molecule has 0 saturated heterocycles. The van der Waals surface area contributed by atoms with E-state index < -0.39 is 20.2 Å². The van der Waals surface area contributed by atoms with E-state index in [1.54, 1.807) is 24.3 Å². The Morgan fingerprint density at radius 2 is 0.812 bits per heavy atom. The van der Waals surface area contributed by atoms with E-state index in [1.807, 2.05) is 86.6 Å². The minimum Gasteiger partial charge on any atom is -0.490 e. The highest BCUT2D eigenvalue weighted by molar-refractivity contribution is 7.87. The summed E-state index contributed by atoms with van der Waals surface area (Å²) in [7, 11) is -7.92. The van der Waals surface area contributed by atoms with Gasteiger partial charge in [-0.25, -0.2) is 0 Å². The largest absolute Gasteiger partial charge is 0.490 e. The smallest absolute Gasteiger partial charge is 0.297 e. The fraction of sp³-hybridized carbons (Fsp3) is 0.158. The highest BCUT2D eigenvalue weighted by atomic mass is 32.2. The van der Waals surface area contributed by atoms with Crippen LogP contribution in [0.5, 0.6) is 11.5 Å². The quantitative estimate of drug-likeness (QED) is 0.0896. The Morgan fingerprint density at radius 1 is 0.438 bits per heavy atom. The van der Waals surface area contributed by atoms with Gasteiger partial charge >= 0.3 is 0 Å². The Balaban J connectivity index is 1.29. The van der Waals surface area contributed by atoms with Gasteiger partial charge in [0.2, 0.25) is 0 Å². The molecule has 0 radical (unpaired) electrons. The molecule has 246 valence electrons. The highest BCUT2D eigenvalue weighted by Crippen LogP contribution is 2.45. The first-order valence-electron chi connectivity index (χ1n) is 15.3. The van der Waals surface area contributed by atoms with Crippen molar-refractivity contribution in [2.45, 2.75) is 23.6 Å². The van der Waals surface area contributed by atoms with Crippen LogP contribution in [0.2, 0.25) is 0 Å². The van der Waals surface area contributed by atoms with Crippen molar-refractivity contribution in [1.82, 2.24) is 0 Å². The van der Waals surface area contributed by atoms with E-state index in [-0.39, 0.29) is 36.2 Å². The van der Waals surface area contributed by atoms with Gasteiger partial charge in [0, 0.05) is 11.1 Å². The Hall–Kier alpha value is -4.74. The molecular formula is C38H34O8S2.